The Hall–Kier alpha value is -1.86. The second-order valence-corrected chi connectivity index (χ2v) is 7.41. The van der Waals surface area contributed by atoms with Crippen molar-refractivity contribution in [2.45, 2.75) is 38.1 Å². The van der Waals surface area contributed by atoms with Crippen LogP contribution in [0.3, 0.4) is 0 Å². The smallest absolute Gasteiger partial charge is 0.319 e. The maximum atomic E-state index is 13.1. The quantitative estimate of drug-likeness (QED) is 0.728. The van der Waals surface area contributed by atoms with Crippen LogP contribution >= 0.6 is 12.4 Å². The number of anilines is 1. The number of piperidine rings is 1. The third-order valence-electron chi connectivity index (χ3n) is 5.29. The van der Waals surface area contributed by atoms with Crippen molar-refractivity contribution in [1.82, 2.24) is 10.2 Å². The van der Waals surface area contributed by atoms with Gasteiger partial charge in [0.1, 0.15) is 5.82 Å². The second kappa shape index (κ2) is 9.90. The van der Waals surface area contributed by atoms with Gasteiger partial charge in [0.05, 0.1) is 0 Å². The predicted octanol–water partition coefficient (Wildman–Crippen LogP) is 2.74. The SMILES string of the molecule is Cl.NC1CCC(C(=O)N2CCCC(CNC(=O)Nc3cccc(F)c3)C2)C1. The molecule has 0 radical (unpaired) electrons. The molecular formula is C19H28ClFN4O2. The molecule has 27 heavy (non-hydrogen) atoms. The van der Waals surface area contributed by atoms with Gasteiger partial charge >= 0.3 is 6.03 Å². The van der Waals surface area contributed by atoms with Gasteiger partial charge in [0.25, 0.3) is 0 Å². The van der Waals surface area contributed by atoms with E-state index in [1.54, 1.807) is 12.1 Å². The number of nitrogens with one attached hydrogen (secondary N) is 2. The van der Waals surface area contributed by atoms with Gasteiger partial charge in [0, 0.05) is 37.3 Å². The highest BCUT2D eigenvalue weighted by Gasteiger charge is 2.33. The highest BCUT2D eigenvalue weighted by atomic mass is 35.5. The summed E-state index contributed by atoms with van der Waals surface area (Å²) in [5.41, 5.74) is 6.34. The predicted molar refractivity (Wildman–Crippen MR) is 105 cm³/mol. The molecule has 3 rings (SSSR count). The number of amides is 3. The summed E-state index contributed by atoms with van der Waals surface area (Å²) in [6, 6.07) is 5.57. The molecule has 2 aliphatic rings. The Kier molecular flexibility index (Phi) is 7.86. The molecule has 1 aromatic carbocycles. The van der Waals surface area contributed by atoms with Crippen molar-refractivity contribution in [1.29, 1.82) is 0 Å². The van der Waals surface area contributed by atoms with E-state index >= 15 is 0 Å². The number of halogens is 2. The fourth-order valence-electron chi connectivity index (χ4n) is 3.91. The molecule has 150 valence electrons. The molecule has 0 aromatic heterocycles. The van der Waals surface area contributed by atoms with Crippen LogP contribution in [-0.4, -0.2) is 42.5 Å². The largest absolute Gasteiger partial charge is 0.342 e. The first-order valence-corrected chi connectivity index (χ1v) is 9.36. The monoisotopic (exact) mass is 398 g/mol. The van der Waals surface area contributed by atoms with Crippen LogP contribution in [0.2, 0.25) is 0 Å². The topological polar surface area (TPSA) is 87.5 Å². The number of benzene rings is 1. The maximum Gasteiger partial charge on any atom is 0.319 e. The minimum absolute atomic E-state index is 0. The number of nitrogens with zero attached hydrogens (tertiary/aromatic N) is 1. The normalized spacial score (nSPS) is 24.8. The molecular weight excluding hydrogens is 371 g/mol. The van der Waals surface area contributed by atoms with E-state index in [4.69, 9.17) is 5.73 Å². The molecule has 1 heterocycles. The Bertz CT molecular complexity index is 660. The van der Waals surface area contributed by atoms with Gasteiger partial charge in [-0.2, -0.15) is 0 Å². The Morgan fingerprint density at radius 2 is 2.07 bits per heavy atom. The highest BCUT2D eigenvalue weighted by molar-refractivity contribution is 5.89. The molecule has 3 amide bonds. The lowest BCUT2D eigenvalue weighted by atomic mass is 9.96. The Balaban J connectivity index is 0.00000261. The number of urea groups is 1. The first-order chi connectivity index (χ1) is 12.5. The van der Waals surface area contributed by atoms with Crippen LogP contribution in [0.15, 0.2) is 24.3 Å². The van der Waals surface area contributed by atoms with E-state index in [0.29, 0.717) is 18.8 Å². The lowest BCUT2D eigenvalue weighted by Gasteiger charge is -2.34. The Morgan fingerprint density at radius 3 is 2.78 bits per heavy atom. The van der Waals surface area contributed by atoms with Crippen molar-refractivity contribution in [3.63, 3.8) is 0 Å². The minimum Gasteiger partial charge on any atom is -0.342 e. The fraction of sp³-hybridized carbons (Fsp3) is 0.579. The summed E-state index contributed by atoms with van der Waals surface area (Å²) in [4.78, 5) is 26.6. The van der Waals surface area contributed by atoms with Crippen LogP contribution < -0.4 is 16.4 Å². The standard InChI is InChI=1S/C19H27FN4O2.ClH/c20-15-4-1-5-17(10-15)23-19(26)22-11-13-3-2-8-24(12-13)18(25)14-6-7-16(21)9-14;/h1,4-5,10,13-14,16H,2-3,6-9,11-12,21H2,(H2,22,23,26);1H. The maximum absolute atomic E-state index is 13.1. The van der Waals surface area contributed by atoms with Crippen LogP contribution in [0, 0.1) is 17.7 Å². The van der Waals surface area contributed by atoms with Crippen LogP contribution in [0.5, 0.6) is 0 Å². The molecule has 8 heteroatoms. The Labute approximate surface area is 165 Å². The van der Waals surface area contributed by atoms with Crippen LogP contribution in [0.1, 0.15) is 32.1 Å². The van der Waals surface area contributed by atoms with Gasteiger partial charge in [-0.25, -0.2) is 9.18 Å². The molecule has 4 N–H and O–H groups in total. The average molecular weight is 399 g/mol. The first kappa shape index (κ1) is 21.4. The highest BCUT2D eigenvalue weighted by Crippen LogP contribution is 2.28. The number of carbonyl (C=O) groups excluding carboxylic acids is 2. The molecule has 1 saturated heterocycles. The average Bonchev–Trinajstić information content (AvgIpc) is 3.06. The number of rotatable bonds is 4. The van der Waals surface area contributed by atoms with Crippen molar-refractivity contribution in [3.8, 4) is 0 Å². The second-order valence-electron chi connectivity index (χ2n) is 7.41. The number of nitrogens with two attached hydrogens (primary N) is 1. The fourth-order valence-corrected chi connectivity index (χ4v) is 3.91. The molecule has 0 spiro atoms. The van der Waals surface area contributed by atoms with E-state index in [0.717, 1.165) is 38.6 Å². The summed E-state index contributed by atoms with van der Waals surface area (Å²) in [5, 5.41) is 5.45. The third-order valence-corrected chi connectivity index (χ3v) is 5.29. The van der Waals surface area contributed by atoms with Crippen LogP contribution in [0.4, 0.5) is 14.9 Å². The summed E-state index contributed by atoms with van der Waals surface area (Å²) in [7, 11) is 0. The van der Waals surface area contributed by atoms with Gasteiger partial charge in [0.2, 0.25) is 5.91 Å². The molecule has 0 bridgehead atoms. The number of hydrogen-bond donors (Lipinski definition) is 3. The molecule has 1 aliphatic heterocycles. The molecule has 2 fully saturated rings. The number of hydrogen-bond acceptors (Lipinski definition) is 3. The van der Waals surface area contributed by atoms with Crippen molar-refractivity contribution in [2.24, 2.45) is 17.6 Å². The van der Waals surface area contributed by atoms with Gasteiger partial charge < -0.3 is 21.3 Å². The summed E-state index contributed by atoms with van der Waals surface area (Å²) >= 11 is 0. The zero-order valence-electron chi connectivity index (χ0n) is 15.3. The van der Waals surface area contributed by atoms with E-state index in [-0.39, 0.29) is 42.2 Å². The van der Waals surface area contributed by atoms with E-state index in [1.165, 1.54) is 12.1 Å². The third kappa shape index (κ3) is 6.07. The molecule has 1 aliphatic carbocycles. The zero-order valence-corrected chi connectivity index (χ0v) is 16.1. The molecule has 1 saturated carbocycles. The molecule has 6 nitrogen and oxygen atoms in total. The van der Waals surface area contributed by atoms with Crippen LogP contribution in [0.25, 0.3) is 0 Å². The van der Waals surface area contributed by atoms with Gasteiger partial charge in [-0.05, 0) is 56.2 Å². The minimum atomic E-state index is -0.393. The summed E-state index contributed by atoms with van der Waals surface area (Å²) in [5.74, 6) is 0.122. The number of carbonyl (C=O) groups is 2. The lowest BCUT2D eigenvalue weighted by molar-refractivity contribution is -0.137. The van der Waals surface area contributed by atoms with E-state index in [1.807, 2.05) is 4.90 Å². The van der Waals surface area contributed by atoms with Gasteiger partial charge in [-0.3, -0.25) is 4.79 Å². The van der Waals surface area contributed by atoms with Crippen LogP contribution in [-0.2, 0) is 4.79 Å². The van der Waals surface area contributed by atoms with Gasteiger partial charge in [0.15, 0.2) is 0 Å². The molecule has 3 atom stereocenters. The first-order valence-electron chi connectivity index (χ1n) is 9.36. The van der Waals surface area contributed by atoms with E-state index < -0.39 is 5.82 Å². The Morgan fingerprint density at radius 1 is 1.26 bits per heavy atom. The lowest BCUT2D eigenvalue weighted by Crippen LogP contribution is -2.46. The summed E-state index contributed by atoms with van der Waals surface area (Å²) in [6.45, 7) is 1.95. The van der Waals surface area contributed by atoms with Crippen molar-refractivity contribution >= 4 is 30.0 Å². The van der Waals surface area contributed by atoms with Gasteiger partial charge in [-0.1, -0.05) is 6.07 Å². The summed E-state index contributed by atoms with van der Waals surface area (Å²) in [6.07, 6.45) is 4.52. The van der Waals surface area contributed by atoms with Crippen molar-refractivity contribution < 1.29 is 14.0 Å². The molecule has 1 aromatic rings. The van der Waals surface area contributed by atoms with Crippen molar-refractivity contribution in [2.75, 3.05) is 25.0 Å². The molecule has 3 unspecified atom stereocenters. The van der Waals surface area contributed by atoms with E-state index in [2.05, 4.69) is 10.6 Å². The zero-order chi connectivity index (χ0) is 18.5. The number of likely N-dealkylation sites (tertiary alicyclic amines) is 1. The summed E-state index contributed by atoms with van der Waals surface area (Å²) < 4.78 is 13.1. The van der Waals surface area contributed by atoms with Gasteiger partial charge in [-0.15, -0.1) is 12.4 Å². The van der Waals surface area contributed by atoms with E-state index in [9.17, 15) is 14.0 Å². The van der Waals surface area contributed by atoms with Crippen molar-refractivity contribution in [3.05, 3.63) is 30.1 Å².